The molecule has 130 valence electrons. The van der Waals surface area contributed by atoms with Crippen LogP contribution in [0.4, 0.5) is 11.4 Å². The normalized spacial score (nSPS) is 16.2. The van der Waals surface area contributed by atoms with E-state index >= 15 is 0 Å². The van der Waals surface area contributed by atoms with Gasteiger partial charge in [0.25, 0.3) is 5.91 Å². The molecule has 1 heterocycles. The SMILES string of the molecule is CCc1ccc(N2C(=O)c3ccccc3N[C@@H]2c2ccc(C)cc2)cc1. The molecule has 0 aromatic heterocycles. The molecule has 1 aliphatic rings. The monoisotopic (exact) mass is 342 g/mol. The number of hydrogen-bond donors (Lipinski definition) is 1. The summed E-state index contributed by atoms with van der Waals surface area (Å²) in [4.78, 5) is 15.2. The zero-order valence-corrected chi connectivity index (χ0v) is 15.1. The van der Waals surface area contributed by atoms with Crippen molar-refractivity contribution in [2.75, 3.05) is 10.2 Å². The van der Waals surface area contributed by atoms with Gasteiger partial charge in [-0.25, -0.2) is 0 Å². The lowest BCUT2D eigenvalue weighted by atomic mass is 10.0. The number of carbonyl (C=O) groups is 1. The van der Waals surface area contributed by atoms with Crippen molar-refractivity contribution in [2.45, 2.75) is 26.4 Å². The molecule has 26 heavy (non-hydrogen) atoms. The predicted octanol–water partition coefficient (Wildman–Crippen LogP) is 5.33. The minimum atomic E-state index is -0.231. The lowest BCUT2D eigenvalue weighted by Crippen LogP contribution is -2.43. The fourth-order valence-corrected chi connectivity index (χ4v) is 3.39. The summed E-state index contributed by atoms with van der Waals surface area (Å²) in [5.74, 6) is 0.0224. The molecule has 3 heteroatoms. The Labute approximate surface area is 154 Å². The molecule has 0 saturated heterocycles. The summed E-state index contributed by atoms with van der Waals surface area (Å²) >= 11 is 0. The number of carbonyl (C=O) groups excluding carboxylic acids is 1. The third-order valence-corrected chi connectivity index (χ3v) is 4.94. The van der Waals surface area contributed by atoms with Gasteiger partial charge in [0.05, 0.1) is 5.56 Å². The standard InChI is InChI=1S/C23H22N2O/c1-3-17-10-14-19(15-11-17)25-22(18-12-8-16(2)9-13-18)24-21-7-5-4-6-20(21)23(25)26/h4-15,22,24H,3H2,1-2H3/t22-/m0/s1. The number of amides is 1. The van der Waals surface area contributed by atoms with E-state index in [0.29, 0.717) is 5.56 Å². The van der Waals surface area contributed by atoms with E-state index in [1.807, 2.05) is 41.3 Å². The van der Waals surface area contributed by atoms with Crippen molar-refractivity contribution in [1.29, 1.82) is 0 Å². The van der Waals surface area contributed by atoms with Gasteiger partial charge in [0.15, 0.2) is 0 Å². The first-order valence-electron chi connectivity index (χ1n) is 9.02. The van der Waals surface area contributed by atoms with Crippen molar-refractivity contribution in [3.8, 4) is 0 Å². The molecule has 0 spiro atoms. The molecule has 0 fully saturated rings. The highest BCUT2D eigenvalue weighted by molar-refractivity contribution is 6.12. The molecule has 1 N–H and O–H groups in total. The van der Waals surface area contributed by atoms with Crippen LogP contribution in [-0.4, -0.2) is 5.91 Å². The number of benzene rings is 3. The predicted molar refractivity (Wildman–Crippen MR) is 107 cm³/mol. The van der Waals surface area contributed by atoms with E-state index in [1.54, 1.807) is 0 Å². The number of fused-ring (bicyclic) bond motifs is 1. The number of nitrogens with zero attached hydrogens (tertiary/aromatic N) is 1. The number of hydrogen-bond acceptors (Lipinski definition) is 2. The van der Waals surface area contributed by atoms with Crippen LogP contribution in [-0.2, 0) is 6.42 Å². The van der Waals surface area contributed by atoms with Crippen molar-refractivity contribution in [2.24, 2.45) is 0 Å². The van der Waals surface area contributed by atoms with Crippen LogP contribution in [0.3, 0.4) is 0 Å². The van der Waals surface area contributed by atoms with Crippen LogP contribution in [0.5, 0.6) is 0 Å². The average Bonchev–Trinajstić information content (AvgIpc) is 2.69. The summed E-state index contributed by atoms with van der Waals surface area (Å²) in [7, 11) is 0. The molecular formula is C23H22N2O. The lowest BCUT2D eigenvalue weighted by Gasteiger charge is -2.38. The van der Waals surface area contributed by atoms with Gasteiger partial charge in [-0.15, -0.1) is 0 Å². The second-order valence-corrected chi connectivity index (χ2v) is 6.70. The highest BCUT2D eigenvalue weighted by atomic mass is 16.2. The van der Waals surface area contributed by atoms with Crippen molar-refractivity contribution in [3.63, 3.8) is 0 Å². The van der Waals surface area contributed by atoms with Crippen LogP contribution >= 0.6 is 0 Å². The zero-order chi connectivity index (χ0) is 18.1. The first kappa shape index (κ1) is 16.4. The Morgan fingerprint density at radius 1 is 0.923 bits per heavy atom. The third-order valence-electron chi connectivity index (χ3n) is 4.94. The lowest BCUT2D eigenvalue weighted by molar-refractivity contribution is 0.0975. The summed E-state index contributed by atoms with van der Waals surface area (Å²) < 4.78 is 0. The molecule has 1 atom stereocenters. The van der Waals surface area contributed by atoms with Gasteiger partial charge in [-0.05, 0) is 48.7 Å². The fourth-order valence-electron chi connectivity index (χ4n) is 3.39. The second kappa shape index (κ2) is 6.68. The molecule has 3 aromatic rings. The third kappa shape index (κ3) is 2.86. The average molecular weight is 342 g/mol. The van der Waals surface area contributed by atoms with Crippen LogP contribution in [0.15, 0.2) is 72.8 Å². The van der Waals surface area contributed by atoms with E-state index in [2.05, 4.69) is 55.6 Å². The van der Waals surface area contributed by atoms with Gasteiger partial charge in [-0.1, -0.05) is 61.0 Å². The first-order valence-corrected chi connectivity index (χ1v) is 9.02. The number of nitrogens with one attached hydrogen (secondary N) is 1. The van der Waals surface area contributed by atoms with E-state index in [9.17, 15) is 4.79 Å². The quantitative estimate of drug-likeness (QED) is 0.698. The van der Waals surface area contributed by atoms with E-state index in [0.717, 1.165) is 23.4 Å². The van der Waals surface area contributed by atoms with Crippen LogP contribution in [0.1, 0.15) is 40.1 Å². The number of anilines is 2. The van der Waals surface area contributed by atoms with Gasteiger partial charge < -0.3 is 5.32 Å². The zero-order valence-electron chi connectivity index (χ0n) is 15.1. The van der Waals surface area contributed by atoms with Gasteiger partial charge in [-0.3, -0.25) is 9.69 Å². The molecular weight excluding hydrogens is 320 g/mol. The summed E-state index contributed by atoms with van der Waals surface area (Å²) in [5, 5.41) is 3.55. The molecule has 0 saturated carbocycles. The summed E-state index contributed by atoms with van der Waals surface area (Å²) in [5.41, 5.74) is 6.02. The second-order valence-electron chi connectivity index (χ2n) is 6.70. The minimum Gasteiger partial charge on any atom is -0.360 e. The van der Waals surface area contributed by atoms with Crippen molar-refractivity contribution in [3.05, 3.63) is 95.1 Å². The Bertz CT molecular complexity index is 929. The largest absolute Gasteiger partial charge is 0.360 e. The van der Waals surface area contributed by atoms with Gasteiger partial charge in [-0.2, -0.15) is 0 Å². The smallest absolute Gasteiger partial charge is 0.262 e. The molecule has 0 unspecified atom stereocenters. The van der Waals surface area contributed by atoms with Crippen LogP contribution in [0, 0.1) is 6.92 Å². The Balaban J connectivity index is 1.82. The molecule has 0 bridgehead atoms. The molecule has 4 rings (SSSR count). The number of rotatable bonds is 3. The minimum absolute atomic E-state index is 0.0224. The molecule has 1 amide bonds. The van der Waals surface area contributed by atoms with E-state index in [-0.39, 0.29) is 12.1 Å². The van der Waals surface area contributed by atoms with Gasteiger partial charge in [0.1, 0.15) is 6.17 Å². The number of aryl methyl sites for hydroxylation is 2. The Hall–Kier alpha value is -3.07. The Morgan fingerprint density at radius 2 is 1.62 bits per heavy atom. The van der Waals surface area contributed by atoms with Crippen LogP contribution in [0.25, 0.3) is 0 Å². The number of para-hydroxylation sites is 1. The summed E-state index contributed by atoms with van der Waals surface area (Å²) in [6, 6.07) is 24.3. The van der Waals surface area contributed by atoms with Gasteiger partial charge in [0.2, 0.25) is 0 Å². The fraction of sp³-hybridized carbons (Fsp3) is 0.174. The topological polar surface area (TPSA) is 32.3 Å². The van der Waals surface area contributed by atoms with Gasteiger partial charge in [0, 0.05) is 11.4 Å². The molecule has 0 aliphatic carbocycles. The van der Waals surface area contributed by atoms with Gasteiger partial charge >= 0.3 is 0 Å². The summed E-state index contributed by atoms with van der Waals surface area (Å²) in [6.45, 7) is 4.20. The molecule has 3 nitrogen and oxygen atoms in total. The van der Waals surface area contributed by atoms with E-state index in [4.69, 9.17) is 0 Å². The first-order chi connectivity index (χ1) is 12.7. The van der Waals surface area contributed by atoms with Crippen molar-refractivity contribution < 1.29 is 4.79 Å². The summed E-state index contributed by atoms with van der Waals surface area (Å²) in [6.07, 6.45) is 0.752. The Morgan fingerprint density at radius 3 is 2.31 bits per heavy atom. The van der Waals surface area contributed by atoms with Crippen LogP contribution in [0.2, 0.25) is 0 Å². The highest BCUT2D eigenvalue weighted by Gasteiger charge is 2.33. The van der Waals surface area contributed by atoms with E-state index in [1.165, 1.54) is 11.1 Å². The highest BCUT2D eigenvalue weighted by Crippen LogP contribution is 2.36. The Kier molecular flexibility index (Phi) is 4.21. The van der Waals surface area contributed by atoms with E-state index < -0.39 is 0 Å². The molecule has 3 aromatic carbocycles. The van der Waals surface area contributed by atoms with Crippen molar-refractivity contribution in [1.82, 2.24) is 0 Å². The maximum absolute atomic E-state index is 13.3. The molecule has 0 radical (unpaired) electrons. The molecule has 1 aliphatic heterocycles. The van der Waals surface area contributed by atoms with Crippen LogP contribution < -0.4 is 10.2 Å². The maximum atomic E-state index is 13.3. The maximum Gasteiger partial charge on any atom is 0.262 e. The van der Waals surface area contributed by atoms with Crippen molar-refractivity contribution >= 4 is 17.3 Å².